The quantitative estimate of drug-likeness (QED) is 0.747. The minimum absolute atomic E-state index is 0.0631. The number of amides is 3. The number of nitrogens with zero attached hydrogens (tertiary/aromatic N) is 1. The number of nitrogens with one attached hydrogen (secondary N) is 1. The lowest BCUT2D eigenvalue weighted by atomic mass is 9.81. The lowest BCUT2D eigenvalue weighted by Crippen LogP contribution is -2.36. The molecule has 1 saturated carbocycles. The van der Waals surface area contributed by atoms with E-state index in [1.807, 2.05) is 0 Å². The van der Waals surface area contributed by atoms with Crippen molar-refractivity contribution in [2.75, 3.05) is 19.7 Å². The van der Waals surface area contributed by atoms with Gasteiger partial charge in [-0.3, -0.25) is 19.3 Å². The standard InChI is InChI=1S/C17H26N2O4/c20-15(18-9-7-12-4-3-11-23-12)8-10-19-16(21)13-5-1-2-6-14(13)17(19)22/h12-14H,1-11H2,(H,18,20)/t12-,13-,14-/m1/s1. The number of hydrogen-bond donors (Lipinski definition) is 1. The molecule has 0 unspecified atom stereocenters. The van der Waals surface area contributed by atoms with Gasteiger partial charge in [0.25, 0.3) is 0 Å². The molecule has 0 aromatic rings. The highest BCUT2D eigenvalue weighted by Crippen LogP contribution is 2.37. The van der Waals surface area contributed by atoms with Crippen molar-refractivity contribution in [1.29, 1.82) is 0 Å². The first-order chi connectivity index (χ1) is 11.2. The Balaban J connectivity index is 1.39. The predicted octanol–water partition coefficient (Wildman–Crippen LogP) is 1.24. The summed E-state index contributed by atoms with van der Waals surface area (Å²) in [6, 6.07) is 0. The van der Waals surface area contributed by atoms with E-state index in [-0.39, 0.29) is 48.6 Å². The van der Waals surface area contributed by atoms with E-state index in [1.54, 1.807) is 0 Å². The van der Waals surface area contributed by atoms with E-state index >= 15 is 0 Å². The molecular formula is C17H26N2O4. The van der Waals surface area contributed by atoms with Crippen LogP contribution >= 0.6 is 0 Å². The molecule has 2 saturated heterocycles. The van der Waals surface area contributed by atoms with Crippen molar-refractivity contribution < 1.29 is 19.1 Å². The van der Waals surface area contributed by atoms with Crippen LogP contribution in [-0.2, 0) is 19.1 Å². The van der Waals surface area contributed by atoms with Crippen molar-refractivity contribution in [3.05, 3.63) is 0 Å². The molecule has 1 aliphatic carbocycles. The number of rotatable bonds is 6. The molecule has 128 valence electrons. The summed E-state index contributed by atoms with van der Waals surface area (Å²) in [5.74, 6) is -0.477. The normalized spacial score (nSPS) is 30.6. The third kappa shape index (κ3) is 3.74. The van der Waals surface area contributed by atoms with Crippen molar-refractivity contribution in [3.63, 3.8) is 0 Å². The Labute approximate surface area is 136 Å². The molecule has 6 heteroatoms. The highest BCUT2D eigenvalue weighted by atomic mass is 16.5. The molecule has 0 aromatic carbocycles. The van der Waals surface area contributed by atoms with Gasteiger partial charge < -0.3 is 10.1 Å². The molecule has 2 aliphatic heterocycles. The Kier molecular flexibility index (Phi) is 5.30. The number of fused-ring (bicyclic) bond motifs is 1. The number of ether oxygens (including phenoxy) is 1. The molecule has 3 atom stereocenters. The van der Waals surface area contributed by atoms with Crippen molar-refractivity contribution in [2.24, 2.45) is 11.8 Å². The van der Waals surface area contributed by atoms with Gasteiger partial charge in [-0.1, -0.05) is 12.8 Å². The van der Waals surface area contributed by atoms with Crippen molar-refractivity contribution in [3.8, 4) is 0 Å². The fourth-order valence-electron chi connectivity index (χ4n) is 4.00. The minimum atomic E-state index is -0.126. The molecule has 3 rings (SSSR count). The molecule has 1 N–H and O–H groups in total. The highest BCUT2D eigenvalue weighted by molar-refractivity contribution is 6.05. The molecule has 0 aromatic heterocycles. The monoisotopic (exact) mass is 322 g/mol. The minimum Gasteiger partial charge on any atom is -0.378 e. The highest BCUT2D eigenvalue weighted by Gasteiger charge is 2.47. The average Bonchev–Trinajstić information content (AvgIpc) is 3.15. The van der Waals surface area contributed by atoms with Gasteiger partial charge in [-0.05, 0) is 32.1 Å². The Bertz CT molecular complexity index is 449. The van der Waals surface area contributed by atoms with Crippen molar-refractivity contribution in [1.82, 2.24) is 10.2 Å². The molecule has 2 heterocycles. The number of hydrogen-bond acceptors (Lipinski definition) is 4. The first kappa shape index (κ1) is 16.4. The maximum atomic E-state index is 12.3. The second kappa shape index (κ2) is 7.43. The molecular weight excluding hydrogens is 296 g/mol. The Morgan fingerprint density at radius 3 is 2.39 bits per heavy atom. The van der Waals surface area contributed by atoms with Gasteiger partial charge in [0.2, 0.25) is 17.7 Å². The first-order valence-electron chi connectivity index (χ1n) is 8.90. The molecule has 0 bridgehead atoms. The average molecular weight is 322 g/mol. The maximum absolute atomic E-state index is 12.3. The van der Waals surface area contributed by atoms with E-state index in [9.17, 15) is 14.4 Å². The van der Waals surface area contributed by atoms with Gasteiger partial charge in [-0.15, -0.1) is 0 Å². The van der Waals surface area contributed by atoms with Gasteiger partial charge in [-0.2, -0.15) is 0 Å². The summed E-state index contributed by atoms with van der Waals surface area (Å²) in [5, 5.41) is 2.86. The largest absolute Gasteiger partial charge is 0.378 e. The van der Waals surface area contributed by atoms with Crippen LogP contribution in [0.2, 0.25) is 0 Å². The second-order valence-electron chi connectivity index (χ2n) is 6.85. The van der Waals surface area contributed by atoms with E-state index in [0.717, 1.165) is 51.6 Å². The number of carbonyl (C=O) groups is 3. The van der Waals surface area contributed by atoms with Gasteiger partial charge in [-0.25, -0.2) is 0 Å². The van der Waals surface area contributed by atoms with Gasteiger partial charge in [0.05, 0.1) is 17.9 Å². The zero-order valence-electron chi connectivity index (χ0n) is 13.6. The third-order valence-electron chi connectivity index (χ3n) is 5.31. The van der Waals surface area contributed by atoms with Crippen LogP contribution in [-0.4, -0.2) is 48.4 Å². The van der Waals surface area contributed by atoms with Crippen LogP contribution in [0.5, 0.6) is 0 Å². The lowest BCUT2D eigenvalue weighted by Gasteiger charge is -2.19. The van der Waals surface area contributed by atoms with Crippen molar-refractivity contribution >= 4 is 17.7 Å². The van der Waals surface area contributed by atoms with Crippen LogP contribution in [0.3, 0.4) is 0 Å². The van der Waals surface area contributed by atoms with Gasteiger partial charge in [0.1, 0.15) is 0 Å². The topological polar surface area (TPSA) is 75.7 Å². The Hall–Kier alpha value is -1.43. The number of imide groups is 1. The summed E-state index contributed by atoms with van der Waals surface area (Å²) >= 11 is 0. The van der Waals surface area contributed by atoms with Gasteiger partial charge >= 0.3 is 0 Å². The SMILES string of the molecule is O=C(CCN1C(=O)[C@@H]2CCCC[C@H]2C1=O)NCC[C@H]1CCCO1. The lowest BCUT2D eigenvalue weighted by molar-refractivity contribution is -0.140. The zero-order chi connectivity index (χ0) is 16.2. The second-order valence-corrected chi connectivity index (χ2v) is 6.85. The summed E-state index contributed by atoms with van der Waals surface area (Å²) in [7, 11) is 0. The summed E-state index contributed by atoms with van der Waals surface area (Å²) in [6.07, 6.45) is 7.14. The van der Waals surface area contributed by atoms with Gasteiger partial charge in [0, 0.05) is 26.1 Å². The molecule has 3 aliphatic rings. The molecule has 0 spiro atoms. The van der Waals surface area contributed by atoms with Gasteiger partial charge in [0.15, 0.2) is 0 Å². The zero-order valence-corrected chi connectivity index (χ0v) is 13.6. The van der Waals surface area contributed by atoms with Crippen LogP contribution in [0.25, 0.3) is 0 Å². The fourth-order valence-corrected chi connectivity index (χ4v) is 4.00. The Morgan fingerprint density at radius 2 is 1.78 bits per heavy atom. The summed E-state index contributed by atoms with van der Waals surface area (Å²) in [5.41, 5.74) is 0. The van der Waals surface area contributed by atoms with Crippen LogP contribution in [0.4, 0.5) is 0 Å². The fraction of sp³-hybridized carbons (Fsp3) is 0.824. The molecule has 6 nitrogen and oxygen atoms in total. The maximum Gasteiger partial charge on any atom is 0.233 e. The predicted molar refractivity (Wildman–Crippen MR) is 83.4 cm³/mol. The van der Waals surface area contributed by atoms with Crippen LogP contribution < -0.4 is 5.32 Å². The van der Waals surface area contributed by atoms with Crippen molar-refractivity contribution in [2.45, 2.75) is 57.5 Å². The van der Waals surface area contributed by atoms with Crippen LogP contribution in [0, 0.1) is 11.8 Å². The molecule has 3 fully saturated rings. The van der Waals surface area contributed by atoms with E-state index < -0.39 is 0 Å². The van der Waals surface area contributed by atoms with Crippen LogP contribution in [0.15, 0.2) is 0 Å². The molecule has 23 heavy (non-hydrogen) atoms. The van der Waals surface area contributed by atoms with E-state index in [2.05, 4.69) is 5.32 Å². The molecule has 3 amide bonds. The summed E-state index contributed by atoms with van der Waals surface area (Å²) < 4.78 is 5.51. The van der Waals surface area contributed by atoms with E-state index in [1.165, 1.54) is 4.90 Å². The summed E-state index contributed by atoms with van der Waals surface area (Å²) in [4.78, 5) is 37.8. The first-order valence-corrected chi connectivity index (χ1v) is 8.90. The summed E-state index contributed by atoms with van der Waals surface area (Å²) in [6.45, 7) is 1.63. The number of likely N-dealkylation sites (tertiary alicyclic amines) is 1. The third-order valence-corrected chi connectivity index (χ3v) is 5.31. The Morgan fingerprint density at radius 1 is 1.09 bits per heavy atom. The smallest absolute Gasteiger partial charge is 0.233 e. The van der Waals surface area contributed by atoms with Crippen LogP contribution in [0.1, 0.15) is 51.4 Å². The van der Waals surface area contributed by atoms with E-state index in [4.69, 9.17) is 4.74 Å². The van der Waals surface area contributed by atoms with E-state index in [0.29, 0.717) is 6.54 Å². The number of carbonyl (C=O) groups excluding carboxylic acids is 3. The molecule has 0 radical (unpaired) electrons.